The number of likely N-dealkylation sites (tertiary alicyclic amines) is 1. The highest BCUT2D eigenvalue weighted by Crippen LogP contribution is 2.39. The van der Waals surface area contributed by atoms with Gasteiger partial charge in [-0.15, -0.1) is 0 Å². The van der Waals surface area contributed by atoms with Gasteiger partial charge in [0.05, 0.1) is 6.07 Å². The Morgan fingerprint density at radius 1 is 1.06 bits per heavy atom. The summed E-state index contributed by atoms with van der Waals surface area (Å²) in [7, 11) is 0. The highest BCUT2D eigenvalue weighted by Gasteiger charge is 2.36. The summed E-state index contributed by atoms with van der Waals surface area (Å²) in [5.74, 6) is 2.05. The van der Waals surface area contributed by atoms with E-state index < -0.39 is 5.91 Å². The van der Waals surface area contributed by atoms with Gasteiger partial charge in [-0.05, 0) is 61.6 Å². The van der Waals surface area contributed by atoms with E-state index in [9.17, 15) is 9.59 Å². The summed E-state index contributed by atoms with van der Waals surface area (Å²) in [6.45, 7) is 1.97. The van der Waals surface area contributed by atoms with Crippen LogP contribution >= 0.6 is 0 Å². The number of fused-ring (bicyclic) bond motifs is 1. The van der Waals surface area contributed by atoms with Gasteiger partial charge in [-0.1, -0.05) is 18.2 Å². The lowest BCUT2D eigenvalue weighted by molar-refractivity contribution is -0.131. The van der Waals surface area contributed by atoms with Crippen LogP contribution in [0, 0.1) is 17.2 Å². The van der Waals surface area contributed by atoms with Crippen LogP contribution in [-0.2, 0) is 4.79 Å². The largest absolute Gasteiger partial charge is 0.457 e. The Balaban J connectivity index is 1.39. The third-order valence-electron chi connectivity index (χ3n) is 6.99. The third kappa shape index (κ3) is 4.62. The molecule has 3 N–H and O–H groups in total. The number of nitriles is 1. The van der Waals surface area contributed by atoms with Gasteiger partial charge in [0.15, 0.2) is 5.69 Å². The summed E-state index contributed by atoms with van der Waals surface area (Å²) in [6.07, 6.45) is 2.47. The van der Waals surface area contributed by atoms with Crippen LogP contribution < -0.4 is 15.9 Å². The first-order valence-corrected chi connectivity index (χ1v) is 12.2. The van der Waals surface area contributed by atoms with Crippen molar-refractivity contribution in [2.24, 2.45) is 11.7 Å². The normalized spacial score (nSPS) is 17.5. The van der Waals surface area contributed by atoms with Crippen LogP contribution in [0.5, 0.6) is 11.5 Å². The summed E-state index contributed by atoms with van der Waals surface area (Å²) in [5.41, 5.74) is 10.8. The fourth-order valence-electron chi connectivity index (χ4n) is 5.22. The molecule has 2 aliphatic heterocycles. The summed E-state index contributed by atoms with van der Waals surface area (Å²) < 4.78 is 7.65. The third-order valence-corrected chi connectivity index (χ3v) is 6.99. The van der Waals surface area contributed by atoms with Crippen molar-refractivity contribution in [3.8, 4) is 28.8 Å². The molecule has 5 rings (SSSR count). The van der Waals surface area contributed by atoms with Gasteiger partial charge in [-0.25, -0.2) is 9.66 Å². The number of carbonyl (C=O) groups excluding carboxylic acids is 2. The average Bonchev–Trinajstić information content (AvgIpc) is 3.30. The maximum absolute atomic E-state index is 12.5. The standard InChI is InChI=1S/C27H28N6O3/c28-14-10-23(34)32-16-12-18(13-17-32)22-11-15-30-33-25(26(29)35)24(31-27(22)33)19-6-8-21(9-7-19)36-20-4-2-1-3-5-20/h1-9,18,22,30H,10-13,15-17H2,(H2,29,35). The Kier molecular flexibility index (Phi) is 6.58. The molecule has 2 aliphatic rings. The number of aromatic nitrogens is 2. The van der Waals surface area contributed by atoms with E-state index in [4.69, 9.17) is 20.7 Å². The fourth-order valence-corrected chi connectivity index (χ4v) is 5.22. The van der Waals surface area contributed by atoms with Crippen molar-refractivity contribution in [2.75, 3.05) is 25.1 Å². The number of nitrogens with two attached hydrogens (primary N) is 1. The van der Waals surface area contributed by atoms with Gasteiger partial charge < -0.3 is 20.8 Å². The predicted molar refractivity (Wildman–Crippen MR) is 134 cm³/mol. The average molecular weight is 485 g/mol. The number of hydrogen-bond donors (Lipinski definition) is 2. The Labute approximate surface area is 209 Å². The molecule has 1 fully saturated rings. The monoisotopic (exact) mass is 484 g/mol. The van der Waals surface area contributed by atoms with E-state index in [-0.39, 0.29) is 18.2 Å². The zero-order valence-electron chi connectivity index (χ0n) is 19.9. The number of ether oxygens (including phenoxy) is 1. The highest BCUT2D eigenvalue weighted by atomic mass is 16.5. The van der Waals surface area contributed by atoms with E-state index in [1.807, 2.05) is 60.7 Å². The van der Waals surface area contributed by atoms with Crippen LogP contribution in [0.25, 0.3) is 11.3 Å². The molecule has 1 atom stereocenters. The molecule has 36 heavy (non-hydrogen) atoms. The molecular weight excluding hydrogens is 456 g/mol. The molecule has 0 bridgehead atoms. The van der Waals surface area contributed by atoms with Crippen molar-refractivity contribution in [1.82, 2.24) is 14.6 Å². The Bertz CT molecular complexity index is 1290. The van der Waals surface area contributed by atoms with Crippen LogP contribution in [0.15, 0.2) is 54.6 Å². The number of nitrogens with one attached hydrogen (secondary N) is 1. The molecule has 0 aliphatic carbocycles. The van der Waals surface area contributed by atoms with Crippen molar-refractivity contribution >= 4 is 11.8 Å². The van der Waals surface area contributed by atoms with Gasteiger partial charge in [0.1, 0.15) is 29.4 Å². The summed E-state index contributed by atoms with van der Waals surface area (Å²) in [4.78, 5) is 31.3. The van der Waals surface area contributed by atoms with Crippen molar-refractivity contribution < 1.29 is 14.3 Å². The molecule has 0 saturated carbocycles. The highest BCUT2D eigenvalue weighted by molar-refractivity contribution is 5.97. The molecule has 0 radical (unpaired) electrons. The molecule has 184 valence electrons. The molecule has 2 amide bonds. The minimum atomic E-state index is -0.543. The minimum Gasteiger partial charge on any atom is -0.457 e. The quantitative estimate of drug-likeness (QED) is 0.550. The second-order valence-electron chi connectivity index (χ2n) is 9.16. The Hall–Kier alpha value is -4.32. The fraction of sp³-hybridized carbons (Fsp3) is 0.333. The van der Waals surface area contributed by atoms with E-state index >= 15 is 0 Å². The second kappa shape index (κ2) is 10.1. The topological polar surface area (TPSA) is 126 Å². The lowest BCUT2D eigenvalue weighted by Gasteiger charge is -2.37. The van der Waals surface area contributed by atoms with Crippen LogP contribution in [0.3, 0.4) is 0 Å². The number of piperidine rings is 1. The summed E-state index contributed by atoms with van der Waals surface area (Å²) >= 11 is 0. The molecule has 3 aromatic rings. The Morgan fingerprint density at radius 2 is 1.75 bits per heavy atom. The summed E-state index contributed by atoms with van der Waals surface area (Å²) in [6, 6.07) is 18.9. The van der Waals surface area contributed by atoms with Crippen LogP contribution in [-0.4, -0.2) is 46.0 Å². The van der Waals surface area contributed by atoms with Gasteiger partial charge in [-0.2, -0.15) is 5.26 Å². The molecule has 9 heteroatoms. The maximum Gasteiger partial charge on any atom is 0.269 e. The van der Waals surface area contributed by atoms with Gasteiger partial charge in [-0.3, -0.25) is 9.59 Å². The van der Waals surface area contributed by atoms with Crippen molar-refractivity contribution in [3.63, 3.8) is 0 Å². The number of carbonyl (C=O) groups is 2. The van der Waals surface area contributed by atoms with Gasteiger partial charge in [0.2, 0.25) is 5.91 Å². The summed E-state index contributed by atoms with van der Waals surface area (Å²) in [5, 5.41) is 8.82. The lowest BCUT2D eigenvalue weighted by Crippen LogP contribution is -2.41. The molecule has 1 saturated heterocycles. The van der Waals surface area contributed by atoms with Gasteiger partial charge >= 0.3 is 0 Å². The number of nitrogens with zero attached hydrogens (tertiary/aromatic N) is 4. The number of rotatable bonds is 6. The number of imidazole rings is 1. The zero-order chi connectivity index (χ0) is 25.1. The minimum absolute atomic E-state index is 0.0804. The molecule has 1 aromatic heterocycles. The molecule has 9 nitrogen and oxygen atoms in total. The predicted octanol–water partition coefficient (Wildman–Crippen LogP) is 3.62. The van der Waals surface area contributed by atoms with Crippen molar-refractivity contribution in [2.45, 2.75) is 31.6 Å². The number of para-hydroxylation sites is 1. The number of hydrogen-bond acceptors (Lipinski definition) is 6. The first-order chi connectivity index (χ1) is 17.5. The number of amides is 2. The van der Waals surface area contributed by atoms with E-state index in [1.54, 1.807) is 9.58 Å². The zero-order valence-corrected chi connectivity index (χ0v) is 19.9. The Morgan fingerprint density at radius 3 is 2.42 bits per heavy atom. The molecular formula is C27H28N6O3. The van der Waals surface area contributed by atoms with Crippen molar-refractivity contribution in [1.29, 1.82) is 5.26 Å². The maximum atomic E-state index is 12.5. The van der Waals surface area contributed by atoms with Crippen LogP contribution in [0.2, 0.25) is 0 Å². The smallest absolute Gasteiger partial charge is 0.269 e. The molecule has 3 heterocycles. The molecule has 1 unspecified atom stereocenters. The second-order valence-corrected chi connectivity index (χ2v) is 9.16. The number of benzene rings is 2. The molecule has 0 spiro atoms. The van der Waals surface area contributed by atoms with Crippen molar-refractivity contribution in [3.05, 3.63) is 66.1 Å². The first-order valence-electron chi connectivity index (χ1n) is 12.2. The van der Waals surface area contributed by atoms with E-state index in [2.05, 4.69) is 5.43 Å². The first kappa shape index (κ1) is 23.4. The van der Waals surface area contributed by atoms with Gasteiger partial charge in [0.25, 0.3) is 5.91 Å². The van der Waals surface area contributed by atoms with Crippen LogP contribution in [0.1, 0.15) is 47.9 Å². The van der Waals surface area contributed by atoms with Crippen LogP contribution in [0.4, 0.5) is 0 Å². The molecule has 2 aromatic carbocycles. The van der Waals surface area contributed by atoms with E-state index in [0.717, 1.165) is 36.4 Å². The number of primary amides is 1. The lowest BCUT2D eigenvalue weighted by atomic mass is 9.81. The van der Waals surface area contributed by atoms with Gasteiger partial charge in [0, 0.05) is 31.1 Å². The van der Waals surface area contributed by atoms with E-state index in [0.29, 0.717) is 42.7 Å². The SMILES string of the molecule is N#CCC(=O)N1CCC(C2CCNn3c2nc(-c2ccc(Oc4ccccc4)cc2)c3C(N)=O)CC1. The van der Waals surface area contributed by atoms with E-state index in [1.165, 1.54) is 0 Å².